The number of nitrogens with zero attached hydrogens (tertiary/aromatic N) is 1. The number of amides is 1. The zero-order valence-corrected chi connectivity index (χ0v) is 20.6. The van der Waals surface area contributed by atoms with Crippen molar-refractivity contribution >= 4 is 16.9 Å². The molecule has 0 spiro atoms. The van der Waals surface area contributed by atoms with E-state index in [1.165, 1.54) is 12.1 Å². The molecule has 0 fully saturated rings. The molecule has 2 heterocycles. The van der Waals surface area contributed by atoms with E-state index in [-0.39, 0.29) is 29.1 Å². The van der Waals surface area contributed by atoms with Crippen LogP contribution in [-0.2, 0) is 6.54 Å². The average molecular weight is 488 g/mol. The summed E-state index contributed by atoms with van der Waals surface area (Å²) in [5.41, 5.74) is 3.56. The quantitative estimate of drug-likeness (QED) is 0.349. The number of fused-ring (bicyclic) bond motifs is 2. The van der Waals surface area contributed by atoms with E-state index in [0.29, 0.717) is 34.6 Å². The van der Waals surface area contributed by atoms with Crippen molar-refractivity contribution in [3.05, 3.63) is 104 Å². The van der Waals surface area contributed by atoms with E-state index in [9.17, 15) is 14.0 Å². The highest BCUT2D eigenvalue weighted by atomic mass is 19.1. The summed E-state index contributed by atoms with van der Waals surface area (Å²) in [6.07, 6.45) is 0. The van der Waals surface area contributed by atoms with Gasteiger partial charge in [0.15, 0.2) is 16.9 Å². The topological polar surface area (TPSA) is 69.0 Å². The number of hydrogen-bond donors (Lipinski definition) is 0. The molecule has 4 aromatic rings. The van der Waals surface area contributed by atoms with Crippen LogP contribution in [-0.4, -0.2) is 24.5 Å². The summed E-state index contributed by atoms with van der Waals surface area (Å²) in [4.78, 5) is 29.2. The average Bonchev–Trinajstić information content (AvgIpc) is 3.12. The van der Waals surface area contributed by atoms with Gasteiger partial charge in [-0.2, -0.15) is 0 Å². The Bertz CT molecular complexity index is 1540. The van der Waals surface area contributed by atoms with Crippen molar-refractivity contribution in [2.45, 2.75) is 33.4 Å². The van der Waals surface area contributed by atoms with Gasteiger partial charge in [0.1, 0.15) is 11.4 Å². The molecule has 1 unspecified atom stereocenters. The molecule has 1 aromatic heterocycles. The van der Waals surface area contributed by atoms with Crippen molar-refractivity contribution in [2.24, 2.45) is 0 Å². The van der Waals surface area contributed by atoms with Gasteiger partial charge in [-0.05, 0) is 73.4 Å². The van der Waals surface area contributed by atoms with Gasteiger partial charge < -0.3 is 18.8 Å². The summed E-state index contributed by atoms with van der Waals surface area (Å²) in [5, 5.41) is 0.457. The van der Waals surface area contributed by atoms with E-state index < -0.39 is 11.9 Å². The predicted octanol–water partition coefficient (Wildman–Crippen LogP) is 5.70. The molecule has 0 saturated carbocycles. The number of methoxy groups -OCH3 is 1. The molecule has 7 heteroatoms. The third kappa shape index (κ3) is 3.90. The first-order chi connectivity index (χ1) is 17.3. The molecule has 36 heavy (non-hydrogen) atoms. The summed E-state index contributed by atoms with van der Waals surface area (Å²) in [6, 6.07) is 14.3. The fraction of sp³-hybridized carbons (Fsp3) is 0.241. The highest BCUT2D eigenvalue weighted by molar-refractivity contribution is 5.99. The van der Waals surface area contributed by atoms with E-state index in [2.05, 4.69) is 0 Å². The van der Waals surface area contributed by atoms with Crippen LogP contribution in [0.2, 0.25) is 0 Å². The van der Waals surface area contributed by atoms with Gasteiger partial charge in [0.05, 0.1) is 30.7 Å². The molecule has 1 atom stereocenters. The minimum absolute atomic E-state index is 0.0254. The largest absolute Gasteiger partial charge is 0.493 e. The number of hydrogen-bond acceptors (Lipinski definition) is 5. The summed E-state index contributed by atoms with van der Waals surface area (Å²) in [6.45, 7) is 6.28. The first kappa shape index (κ1) is 23.6. The Morgan fingerprint density at radius 2 is 1.75 bits per heavy atom. The summed E-state index contributed by atoms with van der Waals surface area (Å²) in [5.74, 6) is 0.323. The minimum atomic E-state index is -0.719. The van der Waals surface area contributed by atoms with E-state index in [4.69, 9.17) is 13.9 Å². The number of benzene rings is 3. The lowest BCUT2D eigenvalue weighted by atomic mass is 9.96. The molecule has 0 bridgehead atoms. The lowest BCUT2D eigenvalue weighted by Crippen LogP contribution is -2.29. The van der Waals surface area contributed by atoms with Gasteiger partial charge >= 0.3 is 0 Å². The number of carbonyl (C=O) groups excluding carboxylic acids is 1. The summed E-state index contributed by atoms with van der Waals surface area (Å²) in [7, 11) is 1.54. The molecule has 184 valence electrons. The minimum Gasteiger partial charge on any atom is -0.493 e. The molecule has 5 rings (SSSR count). The number of rotatable bonds is 6. The molecule has 0 aliphatic carbocycles. The monoisotopic (exact) mass is 487 g/mol. The van der Waals surface area contributed by atoms with Gasteiger partial charge in [-0.1, -0.05) is 24.3 Å². The second-order valence-corrected chi connectivity index (χ2v) is 8.93. The molecular weight excluding hydrogens is 461 g/mol. The highest BCUT2D eigenvalue weighted by Gasteiger charge is 2.43. The van der Waals surface area contributed by atoms with Gasteiger partial charge in [0.2, 0.25) is 5.76 Å². The van der Waals surface area contributed by atoms with Gasteiger partial charge in [-0.15, -0.1) is 0 Å². The van der Waals surface area contributed by atoms with Crippen LogP contribution in [0.25, 0.3) is 11.0 Å². The van der Waals surface area contributed by atoms with Gasteiger partial charge in [0.25, 0.3) is 5.91 Å². The third-order valence-corrected chi connectivity index (χ3v) is 6.48. The fourth-order valence-electron chi connectivity index (χ4n) is 4.94. The first-order valence-electron chi connectivity index (χ1n) is 11.8. The maximum atomic E-state index is 13.9. The van der Waals surface area contributed by atoms with Gasteiger partial charge in [-0.25, -0.2) is 4.39 Å². The lowest BCUT2D eigenvalue weighted by molar-refractivity contribution is 0.0714. The maximum Gasteiger partial charge on any atom is 0.291 e. The molecule has 3 aromatic carbocycles. The Morgan fingerprint density at radius 3 is 2.44 bits per heavy atom. The first-order valence-corrected chi connectivity index (χ1v) is 11.8. The number of aryl methyl sites for hydroxylation is 2. The van der Waals surface area contributed by atoms with Crippen LogP contribution in [0.4, 0.5) is 4.39 Å². The lowest BCUT2D eigenvalue weighted by Gasteiger charge is -2.26. The van der Waals surface area contributed by atoms with Crippen LogP contribution in [0.5, 0.6) is 11.5 Å². The van der Waals surface area contributed by atoms with E-state index >= 15 is 0 Å². The smallest absolute Gasteiger partial charge is 0.291 e. The normalized spacial score (nSPS) is 14.9. The second-order valence-electron chi connectivity index (χ2n) is 8.93. The molecule has 0 radical (unpaired) electrons. The summed E-state index contributed by atoms with van der Waals surface area (Å²) < 4.78 is 30.8. The van der Waals surface area contributed by atoms with E-state index in [1.54, 1.807) is 42.3 Å². The SMILES string of the molecule is CCOc1ccc(C2c3c(oc4cc(C)cc(C)c4c3=O)C(=O)N2Cc2ccc(F)cc2)cc1OC. The number of carbonyl (C=O) groups is 1. The van der Waals surface area contributed by atoms with Crippen LogP contribution in [0, 0.1) is 19.7 Å². The fourth-order valence-corrected chi connectivity index (χ4v) is 4.94. The Labute approximate surface area is 207 Å². The summed E-state index contributed by atoms with van der Waals surface area (Å²) >= 11 is 0. The molecular formula is C29H26FNO5. The van der Waals surface area contributed by atoms with Crippen molar-refractivity contribution < 1.29 is 23.1 Å². The molecule has 1 aliphatic heterocycles. The van der Waals surface area contributed by atoms with Crippen molar-refractivity contribution in [3.8, 4) is 11.5 Å². The van der Waals surface area contributed by atoms with Crippen LogP contribution in [0.3, 0.4) is 0 Å². The predicted molar refractivity (Wildman–Crippen MR) is 134 cm³/mol. The van der Waals surface area contributed by atoms with Crippen LogP contribution >= 0.6 is 0 Å². The van der Waals surface area contributed by atoms with Crippen molar-refractivity contribution in [2.75, 3.05) is 13.7 Å². The Hall–Kier alpha value is -4.13. The zero-order chi connectivity index (χ0) is 25.6. The standard InChI is InChI=1S/C29H26FNO5/c1-5-35-21-11-8-19(14-22(21)34-4)26-25-27(32)24-17(3)12-16(2)13-23(24)36-28(25)29(33)31(26)15-18-6-9-20(30)10-7-18/h6-14,26H,5,15H2,1-4H3. The molecule has 1 aliphatic rings. The Balaban J connectivity index is 1.73. The van der Waals surface area contributed by atoms with E-state index in [0.717, 1.165) is 16.7 Å². The molecule has 1 amide bonds. The molecule has 0 N–H and O–H groups in total. The van der Waals surface area contributed by atoms with Crippen molar-refractivity contribution in [3.63, 3.8) is 0 Å². The Kier molecular flexibility index (Phi) is 6.00. The molecule has 6 nitrogen and oxygen atoms in total. The third-order valence-electron chi connectivity index (χ3n) is 6.48. The van der Waals surface area contributed by atoms with Gasteiger partial charge in [-0.3, -0.25) is 9.59 Å². The van der Waals surface area contributed by atoms with Gasteiger partial charge in [0, 0.05) is 6.54 Å². The van der Waals surface area contributed by atoms with E-state index in [1.807, 2.05) is 32.9 Å². The maximum absolute atomic E-state index is 13.9. The van der Waals surface area contributed by atoms with Crippen LogP contribution in [0.15, 0.2) is 63.8 Å². The van der Waals surface area contributed by atoms with Crippen molar-refractivity contribution in [1.29, 1.82) is 0 Å². The zero-order valence-electron chi connectivity index (χ0n) is 20.6. The van der Waals surface area contributed by atoms with Crippen LogP contribution < -0.4 is 14.9 Å². The second kappa shape index (κ2) is 9.15. The molecule has 0 saturated heterocycles. The van der Waals surface area contributed by atoms with Crippen LogP contribution in [0.1, 0.15) is 51.3 Å². The highest BCUT2D eigenvalue weighted by Crippen LogP contribution is 2.42. The number of ether oxygens (including phenoxy) is 2. The van der Waals surface area contributed by atoms with Crippen molar-refractivity contribution in [1.82, 2.24) is 4.90 Å². The Morgan fingerprint density at radius 1 is 1.00 bits per heavy atom. The number of halogens is 1.